The van der Waals surface area contributed by atoms with E-state index >= 15 is 0 Å². The molecule has 1 rings (SSSR count). The summed E-state index contributed by atoms with van der Waals surface area (Å²) in [6, 6.07) is 5.15. The van der Waals surface area contributed by atoms with Crippen LogP contribution in [0.25, 0.3) is 0 Å². The van der Waals surface area contributed by atoms with Gasteiger partial charge >= 0.3 is 0 Å². The first-order valence-corrected chi connectivity index (χ1v) is 7.42. The molecule has 0 radical (unpaired) electrons. The highest BCUT2D eigenvalue weighted by atomic mass is 35.5. The maximum atomic E-state index is 11.8. The minimum atomic E-state index is -0.771. The van der Waals surface area contributed by atoms with Gasteiger partial charge in [0.05, 0.1) is 5.75 Å². The molecule has 0 fully saturated rings. The number of thioether (sulfide) groups is 1. The lowest BCUT2D eigenvalue weighted by atomic mass is 10.2. The van der Waals surface area contributed by atoms with E-state index in [1.54, 1.807) is 18.2 Å². The Bertz CT molecular complexity index is 531. The van der Waals surface area contributed by atoms with Gasteiger partial charge in [-0.2, -0.15) is 0 Å². The maximum Gasteiger partial charge on any atom is 0.234 e. The molecule has 0 aliphatic heterocycles. The Morgan fingerprint density at radius 1 is 1.25 bits per heavy atom. The van der Waals surface area contributed by atoms with Gasteiger partial charge < -0.3 is 5.32 Å². The normalized spacial score (nSPS) is 10.4. The molecule has 0 unspecified atom stereocenters. The molecule has 4 nitrogen and oxygen atoms in total. The van der Waals surface area contributed by atoms with Gasteiger partial charge in [0.15, 0.2) is 0 Å². The third kappa shape index (κ3) is 4.98. The number of halogens is 1. The standard InChI is InChI=1S/C14H16ClNO3S/c1-8-6-11(15)4-5-12(8)16-13(19)7-20-14(9(2)17)10(3)18/h4-6,14H,7H2,1-3H3,(H,16,19). The Morgan fingerprint density at radius 2 is 1.85 bits per heavy atom. The van der Waals surface area contributed by atoms with Crippen LogP contribution >= 0.6 is 23.4 Å². The van der Waals surface area contributed by atoms with Crippen molar-refractivity contribution in [3.63, 3.8) is 0 Å². The van der Waals surface area contributed by atoms with Crippen LogP contribution in [-0.2, 0) is 14.4 Å². The fourth-order valence-electron chi connectivity index (χ4n) is 1.63. The van der Waals surface area contributed by atoms with Crippen molar-refractivity contribution in [1.29, 1.82) is 0 Å². The Kier molecular flexibility index (Phi) is 6.23. The molecule has 6 heteroatoms. The SMILES string of the molecule is CC(=O)C(SCC(=O)Nc1ccc(Cl)cc1C)C(C)=O. The number of benzene rings is 1. The summed E-state index contributed by atoms with van der Waals surface area (Å²) in [5.74, 6) is -0.685. The van der Waals surface area contributed by atoms with Crippen molar-refractivity contribution in [3.8, 4) is 0 Å². The van der Waals surface area contributed by atoms with Crippen molar-refractivity contribution in [2.75, 3.05) is 11.1 Å². The van der Waals surface area contributed by atoms with E-state index in [1.165, 1.54) is 13.8 Å². The molecule has 20 heavy (non-hydrogen) atoms. The van der Waals surface area contributed by atoms with Gasteiger partial charge in [-0.1, -0.05) is 11.6 Å². The fraction of sp³-hybridized carbons (Fsp3) is 0.357. The predicted molar refractivity (Wildman–Crippen MR) is 82.4 cm³/mol. The van der Waals surface area contributed by atoms with Gasteiger partial charge in [-0.3, -0.25) is 14.4 Å². The molecule has 1 N–H and O–H groups in total. The fourth-order valence-corrected chi connectivity index (χ4v) is 2.72. The summed E-state index contributed by atoms with van der Waals surface area (Å²) < 4.78 is 0. The monoisotopic (exact) mass is 313 g/mol. The molecule has 0 heterocycles. The molecular formula is C14H16ClNO3S. The zero-order chi connectivity index (χ0) is 15.3. The molecule has 0 aliphatic rings. The lowest BCUT2D eigenvalue weighted by Crippen LogP contribution is -2.25. The van der Waals surface area contributed by atoms with E-state index < -0.39 is 5.25 Å². The summed E-state index contributed by atoms with van der Waals surface area (Å²) >= 11 is 6.87. The zero-order valence-electron chi connectivity index (χ0n) is 11.5. The minimum Gasteiger partial charge on any atom is -0.325 e. The van der Waals surface area contributed by atoms with E-state index in [0.29, 0.717) is 10.7 Å². The van der Waals surface area contributed by atoms with Crippen LogP contribution in [0.4, 0.5) is 5.69 Å². The Labute approximate surface area is 127 Å². The Hall–Kier alpha value is -1.33. The molecule has 1 amide bonds. The predicted octanol–water partition coefficient (Wildman–Crippen LogP) is 2.87. The third-order valence-corrected chi connectivity index (χ3v) is 4.24. The summed E-state index contributed by atoms with van der Waals surface area (Å²) in [7, 11) is 0. The van der Waals surface area contributed by atoms with E-state index in [9.17, 15) is 14.4 Å². The highest BCUT2D eigenvalue weighted by Gasteiger charge is 2.21. The number of ketones is 2. The van der Waals surface area contributed by atoms with Crippen molar-refractivity contribution >= 4 is 46.5 Å². The summed E-state index contributed by atoms with van der Waals surface area (Å²) in [5, 5.41) is 2.56. The zero-order valence-corrected chi connectivity index (χ0v) is 13.1. The average Bonchev–Trinajstić information content (AvgIpc) is 2.32. The number of hydrogen-bond acceptors (Lipinski definition) is 4. The van der Waals surface area contributed by atoms with Crippen LogP contribution in [0.5, 0.6) is 0 Å². The number of anilines is 1. The second-order valence-electron chi connectivity index (χ2n) is 4.42. The average molecular weight is 314 g/mol. The van der Waals surface area contributed by atoms with Crippen LogP contribution in [0.2, 0.25) is 5.02 Å². The molecule has 1 aromatic carbocycles. The van der Waals surface area contributed by atoms with Crippen LogP contribution in [0.3, 0.4) is 0 Å². The molecule has 0 saturated carbocycles. The number of hydrogen-bond donors (Lipinski definition) is 1. The van der Waals surface area contributed by atoms with Crippen LogP contribution in [-0.4, -0.2) is 28.5 Å². The van der Waals surface area contributed by atoms with Crippen molar-refractivity contribution in [3.05, 3.63) is 28.8 Å². The van der Waals surface area contributed by atoms with Crippen LogP contribution in [0.1, 0.15) is 19.4 Å². The largest absolute Gasteiger partial charge is 0.325 e. The second-order valence-corrected chi connectivity index (χ2v) is 5.95. The second kappa shape index (κ2) is 7.45. The first-order chi connectivity index (χ1) is 9.31. The summed E-state index contributed by atoms with van der Waals surface area (Å²) in [6.07, 6.45) is 0. The van der Waals surface area contributed by atoms with E-state index in [2.05, 4.69) is 5.32 Å². The van der Waals surface area contributed by atoms with Gasteiger partial charge in [0, 0.05) is 10.7 Å². The number of aryl methyl sites for hydroxylation is 1. The molecule has 0 saturated heterocycles. The molecular weight excluding hydrogens is 298 g/mol. The first kappa shape index (κ1) is 16.7. The highest BCUT2D eigenvalue weighted by Crippen LogP contribution is 2.20. The molecule has 0 atom stereocenters. The third-order valence-electron chi connectivity index (χ3n) is 2.58. The van der Waals surface area contributed by atoms with Crippen molar-refractivity contribution in [2.45, 2.75) is 26.0 Å². The lowest BCUT2D eigenvalue weighted by molar-refractivity contribution is -0.123. The molecule has 0 aliphatic carbocycles. The smallest absolute Gasteiger partial charge is 0.234 e. The number of amides is 1. The molecule has 1 aromatic rings. The minimum absolute atomic E-state index is 0.0475. The summed E-state index contributed by atoms with van der Waals surface area (Å²) in [5.41, 5.74) is 1.52. The molecule has 108 valence electrons. The Balaban J connectivity index is 2.60. The topological polar surface area (TPSA) is 63.2 Å². The lowest BCUT2D eigenvalue weighted by Gasteiger charge is -2.11. The molecule has 0 spiro atoms. The van der Waals surface area contributed by atoms with E-state index in [1.807, 2.05) is 6.92 Å². The first-order valence-electron chi connectivity index (χ1n) is 5.99. The maximum absolute atomic E-state index is 11.8. The summed E-state index contributed by atoms with van der Waals surface area (Å²) in [4.78, 5) is 34.3. The van der Waals surface area contributed by atoms with Crippen LogP contribution < -0.4 is 5.32 Å². The van der Waals surface area contributed by atoms with Gasteiger partial charge in [0.2, 0.25) is 5.91 Å². The highest BCUT2D eigenvalue weighted by molar-refractivity contribution is 8.02. The van der Waals surface area contributed by atoms with Crippen LogP contribution in [0, 0.1) is 6.92 Å². The van der Waals surface area contributed by atoms with Gasteiger partial charge in [0.1, 0.15) is 16.8 Å². The molecule has 0 aromatic heterocycles. The van der Waals surface area contributed by atoms with Gasteiger partial charge in [0.25, 0.3) is 0 Å². The van der Waals surface area contributed by atoms with Gasteiger partial charge in [-0.25, -0.2) is 0 Å². The number of carbonyl (C=O) groups is 3. The van der Waals surface area contributed by atoms with Crippen molar-refractivity contribution in [1.82, 2.24) is 0 Å². The van der Waals surface area contributed by atoms with Crippen molar-refractivity contribution < 1.29 is 14.4 Å². The van der Waals surface area contributed by atoms with E-state index in [0.717, 1.165) is 17.3 Å². The van der Waals surface area contributed by atoms with E-state index in [-0.39, 0.29) is 23.2 Å². The van der Waals surface area contributed by atoms with Crippen molar-refractivity contribution in [2.24, 2.45) is 0 Å². The number of nitrogens with one attached hydrogen (secondary N) is 1. The number of rotatable bonds is 6. The Morgan fingerprint density at radius 3 is 2.35 bits per heavy atom. The number of carbonyl (C=O) groups excluding carboxylic acids is 3. The van der Waals surface area contributed by atoms with Crippen LogP contribution in [0.15, 0.2) is 18.2 Å². The van der Waals surface area contributed by atoms with E-state index in [4.69, 9.17) is 11.6 Å². The van der Waals surface area contributed by atoms with Gasteiger partial charge in [-0.05, 0) is 44.5 Å². The quantitative estimate of drug-likeness (QED) is 0.820. The van der Waals surface area contributed by atoms with Gasteiger partial charge in [-0.15, -0.1) is 11.8 Å². The summed E-state index contributed by atoms with van der Waals surface area (Å²) in [6.45, 7) is 4.53. The number of Topliss-reactive ketones (excluding diaryl/α,β-unsaturated/α-hetero) is 2. The molecule has 0 bridgehead atoms.